The van der Waals surface area contributed by atoms with Crippen LogP contribution in [0, 0.1) is 0 Å². The summed E-state index contributed by atoms with van der Waals surface area (Å²) in [6, 6.07) is 5.62. The monoisotopic (exact) mass is 291 g/mol. The number of benzene rings is 1. The van der Waals surface area contributed by atoms with Crippen molar-refractivity contribution in [3.05, 3.63) is 29.8 Å². The van der Waals surface area contributed by atoms with Crippen LogP contribution in [-0.2, 0) is 14.8 Å². The maximum absolute atomic E-state index is 11.8. The van der Waals surface area contributed by atoms with Crippen molar-refractivity contribution in [1.29, 1.82) is 0 Å². The summed E-state index contributed by atoms with van der Waals surface area (Å²) in [5.74, 6) is -0.369. The summed E-state index contributed by atoms with van der Waals surface area (Å²) in [5, 5.41) is 0. The molecule has 0 saturated carbocycles. The Labute approximate surface area is 111 Å². The van der Waals surface area contributed by atoms with Gasteiger partial charge in [0.2, 0.25) is 10.0 Å². The maximum Gasteiger partial charge on any atom is 0.240 e. The van der Waals surface area contributed by atoms with E-state index >= 15 is 0 Å². The van der Waals surface area contributed by atoms with Crippen LogP contribution in [0.15, 0.2) is 29.2 Å². The molecule has 0 radical (unpaired) electrons. The van der Waals surface area contributed by atoms with Gasteiger partial charge in [-0.1, -0.05) is 12.1 Å². The molecule has 0 saturated heterocycles. The lowest BCUT2D eigenvalue weighted by Gasteiger charge is -2.06. The first-order valence-electron chi connectivity index (χ1n) is 5.19. The molecule has 1 aromatic rings. The van der Waals surface area contributed by atoms with Gasteiger partial charge >= 0.3 is 0 Å². The quantitative estimate of drug-likeness (QED) is 0.463. The van der Waals surface area contributed by atoms with Crippen molar-refractivity contribution < 1.29 is 17.9 Å². The fourth-order valence-corrected chi connectivity index (χ4v) is 2.43. The number of ether oxygens (including phenoxy) is 1. The van der Waals surface area contributed by atoms with Crippen LogP contribution in [-0.4, -0.2) is 40.3 Å². The van der Waals surface area contributed by atoms with Crippen LogP contribution in [0.4, 0.5) is 0 Å². The molecule has 7 heteroatoms. The third-order valence-electron chi connectivity index (χ3n) is 2.21. The van der Waals surface area contributed by atoms with E-state index in [-0.39, 0.29) is 23.1 Å². The standard InChI is InChI=1S/C11H14ClNO4S/c1-17-7-6-13-18(15,16)10-4-2-9(3-5-10)11(14)8-12/h2-5,13H,6-8H2,1H3. The molecule has 0 fully saturated rings. The highest BCUT2D eigenvalue weighted by atomic mass is 35.5. The van der Waals surface area contributed by atoms with Crippen molar-refractivity contribution >= 4 is 27.4 Å². The lowest BCUT2D eigenvalue weighted by atomic mass is 10.1. The van der Waals surface area contributed by atoms with Crippen LogP contribution in [0.25, 0.3) is 0 Å². The molecule has 1 N–H and O–H groups in total. The topological polar surface area (TPSA) is 72.5 Å². The molecule has 0 aliphatic rings. The van der Waals surface area contributed by atoms with E-state index in [9.17, 15) is 13.2 Å². The Hall–Kier alpha value is -0.950. The molecule has 1 aromatic carbocycles. The molecule has 0 spiro atoms. The zero-order chi connectivity index (χ0) is 13.6. The van der Waals surface area contributed by atoms with Gasteiger partial charge in [0.05, 0.1) is 17.4 Å². The first-order valence-corrected chi connectivity index (χ1v) is 7.21. The second kappa shape index (κ2) is 6.84. The highest BCUT2D eigenvalue weighted by molar-refractivity contribution is 7.89. The second-order valence-corrected chi connectivity index (χ2v) is 5.51. The summed E-state index contributed by atoms with van der Waals surface area (Å²) in [7, 11) is -2.07. The number of halogens is 1. The first-order chi connectivity index (χ1) is 8.51. The average Bonchev–Trinajstić information content (AvgIpc) is 2.38. The predicted octanol–water partition coefficient (Wildman–Crippen LogP) is 1.03. The summed E-state index contributed by atoms with van der Waals surface area (Å²) in [6.07, 6.45) is 0. The Morgan fingerprint density at radius 2 is 1.94 bits per heavy atom. The molecule has 18 heavy (non-hydrogen) atoms. The van der Waals surface area contributed by atoms with Crippen molar-refractivity contribution in [2.24, 2.45) is 0 Å². The fraction of sp³-hybridized carbons (Fsp3) is 0.364. The number of methoxy groups -OCH3 is 1. The van der Waals surface area contributed by atoms with Crippen molar-refractivity contribution in [1.82, 2.24) is 4.72 Å². The molecule has 100 valence electrons. The molecular weight excluding hydrogens is 278 g/mol. The smallest absolute Gasteiger partial charge is 0.240 e. The molecule has 5 nitrogen and oxygen atoms in total. The van der Waals surface area contributed by atoms with E-state index in [0.29, 0.717) is 12.2 Å². The Morgan fingerprint density at radius 1 is 1.33 bits per heavy atom. The van der Waals surface area contributed by atoms with E-state index in [2.05, 4.69) is 4.72 Å². The molecular formula is C11H14ClNO4S. The SMILES string of the molecule is COCCNS(=O)(=O)c1ccc(C(=O)CCl)cc1. The van der Waals surface area contributed by atoms with Crippen molar-refractivity contribution in [3.63, 3.8) is 0 Å². The maximum atomic E-state index is 11.8. The molecule has 0 unspecified atom stereocenters. The number of carbonyl (C=O) groups excluding carboxylic acids is 1. The van der Waals surface area contributed by atoms with E-state index in [0.717, 1.165) is 0 Å². The van der Waals surface area contributed by atoms with E-state index in [1.807, 2.05) is 0 Å². The molecule has 0 aromatic heterocycles. The lowest BCUT2D eigenvalue weighted by molar-refractivity contribution is 0.102. The van der Waals surface area contributed by atoms with Gasteiger partial charge in [0.15, 0.2) is 5.78 Å². The third kappa shape index (κ3) is 4.06. The molecule has 0 atom stereocenters. The highest BCUT2D eigenvalue weighted by Crippen LogP contribution is 2.11. The van der Waals surface area contributed by atoms with E-state index < -0.39 is 10.0 Å². The average molecular weight is 292 g/mol. The molecule has 0 aliphatic carbocycles. The number of carbonyl (C=O) groups is 1. The first kappa shape index (κ1) is 15.1. The number of nitrogens with one attached hydrogen (secondary N) is 1. The number of hydrogen-bond donors (Lipinski definition) is 1. The molecule has 0 amide bonds. The Kier molecular flexibility index (Phi) is 5.74. The van der Waals surface area contributed by atoms with Gasteiger partial charge in [-0.2, -0.15) is 0 Å². The van der Waals surface area contributed by atoms with Gasteiger partial charge in [-0.3, -0.25) is 4.79 Å². The van der Waals surface area contributed by atoms with Crippen LogP contribution in [0.3, 0.4) is 0 Å². The van der Waals surface area contributed by atoms with Gasteiger partial charge < -0.3 is 4.74 Å². The minimum Gasteiger partial charge on any atom is -0.383 e. The summed E-state index contributed by atoms with van der Waals surface area (Å²) in [4.78, 5) is 11.4. The van der Waals surface area contributed by atoms with Crippen LogP contribution < -0.4 is 4.72 Å². The zero-order valence-electron chi connectivity index (χ0n) is 9.85. The second-order valence-electron chi connectivity index (χ2n) is 3.47. The summed E-state index contributed by atoms with van der Waals surface area (Å²) < 4.78 is 30.7. The van der Waals surface area contributed by atoms with E-state index in [1.165, 1.54) is 31.4 Å². The minimum atomic E-state index is -3.56. The largest absolute Gasteiger partial charge is 0.383 e. The zero-order valence-corrected chi connectivity index (χ0v) is 11.4. The predicted molar refractivity (Wildman–Crippen MR) is 68.6 cm³/mol. The fourth-order valence-electron chi connectivity index (χ4n) is 1.26. The minimum absolute atomic E-state index is 0.102. The highest BCUT2D eigenvalue weighted by Gasteiger charge is 2.13. The summed E-state index contributed by atoms with van der Waals surface area (Å²) in [6.45, 7) is 0.489. The van der Waals surface area contributed by atoms with Crippen LogP contribution in [0.5, 0.6) is 0 Å². The molecule has 1 rings (SSSR count). The third-order valence-corrected chi connectivity index (χ3v) is 3.93. The van der Waals surface area contributed by atoms with Crippen molar-refractivity contribution in [2.45, 2.75) is 4.90 Å². The Bertz CT molecular complexity index is 498. The number of rotatable bonds is 7. The van der Waals surface area contributed by atoms with Crippen LogP contribution >= 0.6 is 11.6 Å². The summed E-state index contributed by atoms with van der Waals surface area (Å²) in [5.41, 5.74) is 0.390. The normalized spacial score (nSPS) is 11.4. The number of Topliss-reactive ketones (excluding diaryl/α,β-unsaturated/α-hetero) is 1. The molecule has 0 aliphatic heterocycles. The van der Waals surface area contributed by atoms with Crippen molar-refractivity contribution in [2.75, 3.05) is 26.1 Å². The van der Waals surface area contributed by atoms with Gasteiger partial charge in [0.25, 0.3) is 0 Å². The number of hydrogen-bond acceptors (Lipinski definition) is 4. The van der Waals surface area contributed by atoms with Gasteiger partial charge in [-0.15, -0.1) is 11.6 Å². The van der Waals surface area contributed by atoms with Crippen LogP contribution in [0.2, 0.25) is 0 Å². The van der Waals surface area contributed by atoms with E-state index in [4.69, 9.17) is 16.3 Å². The Balaban J connectivity index is 2.81. The van der Waals surface area contributed by atoms with Crippen LogP contribution in [0.1, 0.15) is 10.4 Å². The number of sulfonamides is 1. The van der Waals surface area contributed by atoms with Gasteiger partial charge in [-0.05, 0) is 12.1 Å². The Morgan fingerprint density at radius 3 is 2.44 bits per heavy atom. The number of ketones is 1. The molecule has 0 bridgehead atoms. The van der Waals surface area contributed by atoms with Gasteiger partial charge in [0, 0.05) is 19.2 Å². The van der Waals surface area contributed by atoms with Gasteiger partial charge in [0.1, 0.15) is 0 Å². The lowest BCUT2D eigenvalue weighted by Crippen LogP contribution is -2.27. The van der Waals surface area contributed by atoms with Gasteiger partial charge in [-0.25, -0.2) is 13.1 Å². The summed E-state index contributed by atoms with van der Waals surface area (Å²) >= 11 is 5.41. The molecule has 0 heterocycles. The number of alkyl halides is 1. The van der Waals surface area contributed by atoms with E-state index in [1.54, 1.807) is 0 Å². The van der Waals surface area contributed by atoms with Crippen molar-refractivity contribution in [3.8, 4) is 0 Å².